The van der Waals surface area contributed by atoms with Gasteiger partial charge in [-0.3, -0.25) is 0 Å². The summed E-state index contributed by atoms with van der Waals surface area (Å²) in [6, 6.07) is 8.02. The van der Waals surface area contributed by atoms with Crippen molar-refractivity contribution in [2.24, 2.45) is 0 Å². The second kappa shape index (κ2) is 4.96. The zero-order valence-electron chi connectivity index (χ0n) is 8.40. The van der Waals surface area contributed by atoms with Gasteiger partial charge in [-0.05, 0) is 12.5 Å². The topological polar surface area (TPSA) is 48.9 Å². The average Bonchev–Trinajstić information content (AvgIpc) is 2.67. The number of nitrogens with one attached hydrogen (secondary N) is 1. The third kappa shape index (κ3) is 2.37. The van der Waals surface area contributed by atoms with Crippen molar-refractivity contribution in [2.75, 3.05) is 0 Å². The molecule has 3 nitrogen and oxygen atoms in total. The SMILES string of the molecule is Cc1ccccc1-c1ncc(CO)[nH]1.Cl. The Balaban J connectivity index is 0.00000112. The van der Waals surface area contributed by atoms with E-state index < -0.39 is 0 Å². The molecular formula is C11H13ClN2O. The van der Waals surface area contributed by atoms with Crippen LogP contribution in [0.3, 0.4) is 0 Å². The molecule has 4 heteroatoms. The molecule has 1 heterocycles. The number of halogens is 1. The van der Waals surface area contributed by atoms with Crippen molar-refractivity contribution in [2.45, 2.75) is 13.5 Å². The van der Waals surface area contributed by atoms with E-state index in [0.29, 0.717) is 0 Å². The lowest BCUT2D eigenvalue weighted by molar-refractivity contribution is 0.277. The summed E-state index contributed by atoms with van der Waals surface area (Å²) in [5, 5.41) is 8.90. The number of imidazole rings is 1. The Morgan fingerprint density at radius 1 is 1.33 bits per heavy atom. The van der Waals surface area contributed by atoms with Crippen LogP contribution in [0.15, 0.2) is 30.5 Å². The number of hydrogen-bond acceptors (Lipinski definition) is 2. The van der Waals surface area contributed by atoms with Gasteiger partial charge in [-0.2, -0.15) is 0 Å². The molecule has 1 aromatic carbocycles. The third-order valence-corrected chi connectivity index (χ3v) is 2.20. The molecule has 0 saturated heterocycles. The molecule has 1 aromatic heterocycles. The van der Waals surface area contributed by atoms with Crippen LogP contribution in [-0.4, -0.2) is 15.1 Å². The van der Waals surface area contributed by atoms with Crippen LogP contribution >= 0.6 is 12.4 Å². The maximum Gasteiger partial charge on any atom is 0.137 e. The molecule has 0 unspecified atom stereocenters. The summed E-state index contributed by atoms with van der Waals surface area (Å²) < 4.78 is 0. The van der Waals surface area contributed by atoms with Gasteiger partial charge in [-0.1, -0.05) is 24.3 Å². The number of aliphatic hydroxyl groups excluding tert-OH is 1. The number of aromatic nitrogens is 2. The molecule has 2 aromatic rings. The van der Waals surface area contributed by atoms with E-state index in [-0.39, 0.29) is 19.0 Å². The fraction of sp³-hybridized carbons (Fsp3) is 0.182. The summed E-state index contributed by atoms with van der Waals surface area (Å²) in [6.45, 7) is 2.04. The monoisotopic (exact) mass is 224 g/mol. The Bertz CT molecular complexity index is 440. The first kappa shape index (κ1) is 11.8. The Hall–Kier alpha value is -1.32. The summed E-state index contributed by atoms with van der Waals surface area (Å²) in [5.74, 6) is 0.812. The van der Waals surface area contributed by atoms with Crippen molar-refractivity contribution < 1.29 is 5.11 Å². The summed E-state index contributed by atoms with van der Waals surface area (Å²) >= 11 is 0. The highest BCUT2D eigenvalue weighted by molar-refractivity contribution is 5.85. The molecule has 0 radical (unpaired) electrons. The van der Waals surface area contributed by atoms with E-state index in [2.05, 4.69) is 9.97 Å². The van der Waals surface area contributed by atoms with Gasteiger partial charge in [0, 0.05) is 5.56 Å². The van der Waals surface area contributed by atoms with Gasteiger partial charge in [-0.15, -0.1) is 12.4 Å². The zero-order chi connectivity index (χ0) is 9.97. The van der Waals surface area contributed by atoms with Gasteiger partial charge in [0.05, 0.1) is 18.5 Å². The molecule has 0 aliphatic rings. The molecule has 0 aliphatic carbocycles. The number of nitrogens with zero attached hydrogens (tertiary/aromatic N) is 1. The van der Waals surface area contributed by atoms with E-state index in [0.717, 1.165) is 17.1 Å². The molecule has 15 heavy (non-hydrogen) atoms. The van der Waals surface area contributed by atoms with E-state index in [4.69, 9.17) is 5.11 Å². The number of aryl methyl sites for hydroxylation is 1. The van der Waals surface area contributed by atoms with Crippen LogP contribution in [0.25, 0.3) is 11.4 Å². The van der Waals surface area contributed by atoms with Gasteiger partial charge < -0.3 is 10.1 Å². The maximum atomic E-state index is 8.90. The van der Waals surface area contributed by atoms with Gasteiger partial charge in [0.2, 0.25) is 0 Å². The first-order valence-corrected chi connectivity index (χ1v) is 4.52. The van der Waals surface area contributed by atoms with Crippen LogP contribution in [0, 0.1) is 6.92 Å². The predicted molar refractivity (Wildman–Crippen MR) is 61.9 cm³/mol. The largest absolute Gasteiger partial charge is 0.390 e. The average molecular weight is 225 g/mol. The molecule has 0 spiro atoms. The summed E-state index contributed by atoms with van der Waals surface area (Å²) in [6.07, 6.45) is 1.65. The summed E-state index contributed by atoms with van der Waals surface area (Å²) in [5.41, 5.74) is 2.99. The Kier molecular flexibility index (Phi) is 3.88. The van der Waals surface area contributed by atoms with Gasteiger partial charge in [0.15, 0.2) is 0 Å². The molecule has 0 atom stereocenters. The number of aromatic amines is 1. The van der Waals surface area contributed by atoms with Gasteiger partial charge in [-0.25, -0.2) is 4.98 Å². The first-order valence-electron chi connectivity index (χ1n) is 4.52. The minimum Gasteiger partial charge on any atom is -0.390 e. The first-order chi connectivity index (χ1) is 6.81. The minimum absolute atomic E-state index is 0. The van der Waals surface area contributed by atoms with Crippen LogP contribution in [0.4, 0.5) is 0 Å². The second-order valence-electron chi connectivity index (χ2n) is 3.23. The van der Waals surface area contributed by atoms with Crippen LogP contribution in [0.1, 0.15) is 11.3 Å². The fourth-order valence-electron chi connectivity index (χ4n) is 1.41. The van der Waals surface area contributed by atoms with Crippen molar-refractivity contribution in [1.82, 2.24) is 9.97 Å². The van der Waals surface area contributed by atoms with Crippen LogP contribution < -0.4 is 0 Å². The van der Waals surface area contributed by atoms with Crippen LogP contribution in [0.2, 0.25) is 0 Å². The zero-order valence-corrected chi connectivity index (χ0v) is 9.21. The number of rotatable bonds is 2. The minimum atomic E-state index is -0.00111. The smallest absolute Gasteiger partial charge is 0.137 e. The van der Waals surface area contributed by atoms with Crippen LogP contribution in [0.5, 0.6) is 0 Å². The van der Waals surface area contributed by atoms with Crippen LogP contribution in [-0.2, 0) is 6.61 Å². The molecule has 0 bridgehead atoms. The van der Waals surface area contributed by atoms with Gasteiger partial charge in [0.25, 0.3) is 0 Å². The number of benzene rings is 1. The van der Waals surface area contributed by atoms with E-state index in [1.54, 1.807) is 6.20 Å². The number of aliphatic hydroxyl groups is 1. The molecule has 2 rings (SSSR count). The fourth-order valence-corrected chi connectivity index (χ4v) is 1.41. The molecule has 0 fully saturated rings. The molecule has 0 aliphatic heterocycles. The van der Waals surface area contributed by atoms with E-state index >= 15 is 0 Å². The number of H-pyrrole nitrogens is 1. The standard InChI is InChI=1S/C11H12N2O.ClH/c1-8-4-2-3-5-10(8)11-12-6-9(7-14)13-11;/h2-6,14H,7H2,1H3,(H,12,13);1H. The Morgan fingerprint density at radius 2 is 2.07 bits per heavy atom. The Labute approximate surface area is 94.6 Å². The van der Waals surface area contributed by atoms with E-state index in [1.165, 1.54) is 5.56 Å². The molecule has 2 N–H and O–H groups in total. The van der Waals surface area contributed by atoms with E-state index in [1.807, 2.05) is 31.2 Å². The molecular weight excluding hydrogens is 212 g/mol. The van der Waals surface area contributed by atoms with Gasteiger partial charge in [0.1, 0.15) is 5.82 Å². The normalized spacial score (nSPS) is 9.73. The lowest BCUT2D eigenvalue weighted by Crippen LogP contribution is -1.86. The van der Waals surface area contributed by atoms with Crippen molar-refractivity contribution in [3.8, 4) is 11.4 Å². The maximum absolute atomic E-state index is 8.90. The van der Waals surface area contributed by atoms with E-state index in [9.17, 15) is 0 Å². The predicted octanol–water partition coefficient (Wildman–Crippen LogP) is 2.30. The lowest BCUT2D eigenvalue weighted by Gasteiger charge is -2.00. The summed E-state index contributed by atoms with van der Waals surface area (Å²) in [4.78, 5) is 7.26. The summed E-state index contributed by atoms with van der Waals surface area (Å²) in [7, 11) is 0. The molecule has 0 saturated carbocycles. The van der Waals surface area contributed by atoms with Gasteiger partial charge >= 0.3 is 0 Å². The molecule has 80 valence electrons. The second-order valence-corrected chi connectivity index (χ2v) is 3.23. The van der Waals surface area contributed by atoms with Crippen molar-refractivity contribution in [3.05, 3.63) is 41.7 Å². The number of hydrogen-bond donors (Lipinski definition) is 2. The third-order valence-electron chi connectivity index (χ3n) is 2.20. The van der Waals surface area contributed by atoms with Crippen molar-refractivity contribution in [3.63, 3.8) is 0 Å². The quantitative estimate of drug-likeness (QED) is 0.823. The highest BCUT2D eigenvalue weighted by atomic mass is 35.5. The highest BCUT2D eigenvalue weighted by Crippen LogP contribution is 2.19. The van der Waals surface area contributed by atoms with Crippen molar-refractivity contribution in [1.29, 1.82) is 0 Å². The van der Waals surface area contributed by atoms with Crippen molar-refractivity contribution >= 4 is 12.4 Å². The lowest BCUT2D eigenvalue weighted by atomic mass is 10.1. The highest BCUT2D eigenvalue weighted by Gasteiger charge is 2.04. The molecule has 0 amide bonds. The Morgan fingerprint density at radius 3 is 2.67 bits per heavy atom.